The van der Waals surface area contributed by atoms with Gasteiger partial charge < -0.3 is 0 Å². The Hall–Kier alpha value is -1.93. The molecule has 0 fully saturated rings. The van der Waals surface area contributed by atoms with Crippen LogP contribution in [0.2, 0.25) is 0 Å². The molecule has 0 saturated heterocycles. The fraction of sp³-hybridized carbons (Fsp3) is 0.519. The Bertz CT molecular complexity index is 843. The molecule has 2 heteroatoms. The highest BCUT2D eigenvalue weighted by Crippen LogP contribution is 2.54. The van der Waals surface area contributed by atoms with Crippen LogP contribution in [0.4, 0.5) is 0 Å². The molecule has 0 amide bonds. The maximum absolute atomic E-state index is 13.3. The fourth-order valence-electron chi connectivity index (χ4n) is 5.21. The Morgan fingerprint density at radius 3 is 2.10 bits per heavy atom. The standard InChI is InChI=1S/C27H37NO/c1-6-9-17-27(18-10-7-2)23-14-12-11-13-21(23)22-16-15-20(19-24(22)27)26(29)25(8-3)28(4)5/h11-16,19,25H,6-10,17-18H2,1-5H3. The van der Waals surface area contributed by atoms with E-state index in [0.717, 1.165) is 24.8 Å². The van der Waals surface area contributed by atoms with E-state index in [2.05, 4.69) is 63.2 Å². The third kappa shape index (κ3) is 3.92. The van der Waals surface area contributed by atoms with E-state index < -0.39 is 0 Å². The van der Waals surface area contributed by atoms with Crippen molar-refractivity contribution in [1.29, 1.82) is 0 Å². The van der Waals surface area contributed by atoms with Gasteiger partial charge in [-0.25, -0.2) is 0 Å². The van der Waals surface area contributed by atoms with Crippen LogP contribution in [0.15, 0.2) is 42.5 Å². The van der Waals surface area contributed by atoms with E-state index in [1.807, 2.05) is 19.0 Å². The monoisotopic (exact) mass is 391 g/mol. The number of fused-ring (bicyclic) bond motifs is 3. The molecule has 156 valence electrons. The largest absolute Gasteiger partial charge is 0.299 e. The minimum Gasteiger partial charge on any atom is -0.299 e. The van der Waals surface area contributed by atoms with E-state index in [9.17, 15) is 4.79 Å². The van der Waals surface area contributed by atoms with Crippen LogP contribution in [0, 0.1) is 0 Å². The minimum atomic E-state index is -0.0579. The van der Waals surface area contributed by atoms with Gasteiger partial charge >= 0.3 is 0 Å². The van der Waals surface area contributed by atoms with Crippen molar-refractivity contribution in [1.82, 2.24) is 4.90 Å². The summed E-state index contributed by atoms with van der Waals surface area (Å²) in [6.07, 6.45) is 7.98. The lowest BCUT2D eigenvalue weighted by atomic mass is 9.70. The van der Waals surface area contributed by atoms with E-state index in [4.69, 9.17) is 0 Å². The van der Waals surface area contributed by atoms with Crippen molar-refractivity contribution >= 4 is 5.78 Å². The molecule has 1 aliphatic carbocycles. The van der Waals surface area contributed by atoms with Crippen molar-refractivity contribution in [2.75, 3.05) is 14.1 Å². The molecule has 2 aromatic rings. The van der Waals surface area contributed by atoms with Crippen molar-refractivity contribution < 1.29 is 4.79 Å². The summed E-state index contributed by atoms with van der Waals surface area (Å²) >= 11 is 0. The highest BCUT2D eigenvalue weighted by atomic mass is 16.1. The first-order chi connectivity index (χ1) is 14.0. The number of benzene rings is 2. The zero-order chi connectivity index (χ0) is 21.0. The SMILES string of the molecule is CCCCC1(CCCC)c2ccccc2-c2ccc(C(=O)C(CC)N(C)C)cc21. The number of unbranched alkanes of at least 4 members (excludes halogenated alkanes) is 2. The Labute approximate surface area is 177 Å². The Morgan fingerprint density at radius 2 is 1.52 bits per heavy atom. The normalized spacial score (nSPS) is 15.2. The topological polar surface area (TPSA) is 20.3 Å². The summed E-state index contributed by atoms with van der Waals surface area (Å²) in [5, 5.41) is 0. The van der Waals surface area contributed by atoms with Gasteiger partial charge in [-0.3, -0.25) is 9.69 Å². The molecule has 2 nitrogen and oxygen atoms in total. The first-order valence-corrected chi connectivity index (χ1v) is 11.4. The zero-order valence-electron chi connectivity index (χ0n) is 18.9. The van der Waals surface area contributed by atoms with Gasteiger partial charge in [-0.15, -0.1) is 0 Å². The molecule has 0 saturated carbocycles. The molecule has 1 aliphatic rings. The molecule has 3 rings (SSSR count). The third-order valence-electron chi connectivity index (χ3n) is 6.78. The summed E-state index contributed by atoms with van der Waals surface area (Å²) in [4.78, 5) is 15.3. The summed E-state index contributed by atoms with van der Waals surface area (Å²) in [5.41, 5.74) is 6.49. The lowest BCUT2D eigenvalue weighted by Crippen LogP contribution is -2.35. The van der Waals surface area contributed by atoms with Crippen LogP contribution in [-0.4, -0.2) is 30.8 Å². The summed E-state index contributed by atoms with van der Waals surface area (Å²) in [7, 11) is 4.00. The maximum atomic E-state index is 13.3. The van der Waals surface area contributed by atoms with Crippen molar-refractivity contribution in [2.45, 2.75) is 77.2 Å². The number of carbonyl (C=O) groups is 1. The van der Waals surface area contributed by atoms with Gasteiger partial charge in [0.2, 0.25) is 0 Å². The summed E-state index contributed by atoms with van der Waals surface area (Å²) in [5.74, 6) is 0.246. The van der Waals surface area contributed by atoms with Crippen LogP contribution in [-0.2, 0) is 5.41 Å². The molecule has 2 aromatic carbocycles. The molecular weight excluding hydrogens is 354 g/mol. The molecule has 0 spiro atoms. The highest BCUT2D eigenvalue weighted by molar-refractivity contribution is 6.01. The molecule has 0 radical (unpaired) electrons. The number of nitrogens with zero attached hydrogens (tertiary/aromatic N) is 1. The summed E-state index contributed by atoms with van der Waals surface area (Å²) in [6.45, 7) is 6.65. The predicted octanol–water partition coefficient (Wildman–Crippen LogP) is 6.86. The van der Waals surface area contributed by atoms with Gasteiger partial charge in [0.25, 0.3) is 0 Å². The Kier molecular flexibility index (Phi) is 6.95. The minimum absolute atomic E-state index is 0.0497. The van der Waals surface area contributed by atoms with Crippen molar-refractivity contribution in [3.05, 3.63) is 59.2 Å². The highest BCUT2D eigenvalue weighted by Gasteiger charge is 2.42. The predicted molar refractivity (Wildman–Crippen MR) is 124 cm³/mol. The first-order valence-electron chi connectivity index (χ1n) is 11.4. The van der Waals surface area contributed by atoms with Gasteiger partial charge in [0.1, 0.15) is 0 Å². The van der Waals surface area contributed by atoms with Gasteiger partial charge in [0, 0.05) is 11.0 Å². The van der Waals surface area contributed by atoms with Gasteiger partial charge in [-0.05, 0) is 61.7 Å². The molecule has 0 bridgehead atoms. The van der Waals surface area contributed by atoms with Gasteiger partial charge in [-0.1, -0.05) is 82.9 Å². The van der Waals surface area contributed by atoms with Crippen LogP contribution in [0.3, 0.4) is 0 Å². The van der Waals surface area contributed by atoms with E-state index in [1.54, 1.807) is 0 Å². The fourth-order valence-corrected chi connectivity index (χ4v) is 5.21. The van der Waals surface area contributed by atoms with Crippen molar-refractivity contribution in [3.63, 3.8) is 0 Å². The molecule has 1 unspecified atom stereocenters. The van der Waals surface area contributed by atoms with Crippen LogP contribution < -0.4 is 0 Å². The molecule has 0 N–H and O–H groups in total. The quantitative estimate of drug-likeness (QED) is 0.412. The van der Waals surface area contributed by atoms with Gasteiger partial charge in [0.15, 0.2) is 5.78 Å². The van der Waals surface area contributed by atoms with E-state index in [0.29, 0.717) is 0 Å². The lowest BCUT2D eigenvalue weighted by Gasteiger charge is -2.33. The smallest absolute Gasteiger partial charge is 0.179 e. The number of Topliss-reactive ketones (excluding diaryl/α,β-unsaturated/α-hetero) is 1. The van der Waals surface area contributed by atoms with E-state index in [-0.39, 0.29) is 17.2 Å². The molecule has 1 atom stereocenters. The summed E-state index contributed by atoms with van der Waals surface area (Å²) < 4.78 is 0. The van der Waals surface area contributed by atoms with Gasteiger partial charge in [0.05, 0.1) is 6.04 Å². The average molecular weight is 392 g/mol. The Balaban J connectivity index is 2.15. The number of hydrogen-bond donors (Lipinski definition) is 0. The summed E-state index contributed by atoms with van der Waals surface area (Å²) in [6, 6.07) is 15.4. The van der Waals surface area contributed by atoms with Gasteiger partial charge in [-0.2, -0.15) is 0 Å². The molecule has 0 aliphatic heterocycles. The van der Waals surface area contributed by atoms with E-state index >= 15 is 0 Å². The molecule has 0 aromatic heterocycles. The van der Waals surface area contributed by atoms with Crippen LogP contribution >= 0.6 is 0 Å². The van der Waals surface area contributed by atoms with E-state index in [1.165, 1.54) is 47.9 Å². The second-order valence-electron chi connectivity index (χ2n) is 8.85. The molecule has 0 heterocycles. The molecular formula is C27H37NO. The first kappa shape index (κ1) is 21.8. The van der Waals surface area contributed by atoms with Crippen LogP contribution in [0.5, 0.6) is 0 Å². The number of hydrogen-bond acceptors (Lipinski definition) is 2. The average Bonchev–Trinajstić information content (AvgIpc) is 3.00. The lowest BCUT2D eigenvalue weighted by molar-refractivity contribution is 0.0871. The maximum Gasteiger partial charge on any atom is 0.179 e. The van der Waals surface area contributed by atoms with Crippen molar-refractivity contribution in [3.8, 4) is 11.1 Å². The second-order valence-corrected chi connectivity index (χ2v) is 8.85. The second kappa shape index (κ2) is 9.26. The number of carbonyl (C=O) groups excluding carboxylic acids is 1. The van der Waals surface area contributed by atoms with Crippen LogP contribution in [0.1, 0.15) is 87.2 Å². The molecule has 29 heavy (non-hydrogen) atoms. The number of ketones is 1. The zero-order valence-corrected chi connectivity index (χ0v) is 18.9. The number of likely N-dealkylation sites (N-methyl/N-ethyl adjacent to an activating group) is 1. The Morgan fingerprint density at radius 1 is 0.897 bits per heavy atom. The third-order valence-corrected chi connectivity index (χ3v) is 6.78. The van der Waals surface area contributed by atoms with Crippen LogP contribution in [0.25, 0.3) is 11.1 Å². The van der Waals surface area contributed by atoms with Crippen molar-refractivity contribution in [2.24, 2.45) is 0 Å². The number of rotatable bonds is 10.